The number of hydrogen-bond acceptors (Lipinski definition) is 2. The molecular formula is C20H26FN3O. The molecule has 1 aliphatic rings. The fraction of sp³-hybridized carbons (Fsp3) is 0.500. The van der Waals surface area contributed by atoms with Crippen LogP contribution in [0.3, 0.4) is 0 Å². The Morgan fingerprint density at radius 3 is 2.84 bits per heavy atom. The van der Waals surface area contributed by atoms with Crippen LogP contribution in [0.25, 0.3) is 0 Å². The number of aryl methyl sites for hydroxylation is 2. The number of carbonyl (C=O) groups is 1. The Morgan fingerprint density at radius 2 is 2.16 bits per heavy atom. The Labute approximate surface area is 148 Å². The van der Waals surface area contributed by atoms with Gasteiger partial charge >= 0.3 is 0 Å². The Bertz CT molecular complexity index is 775. The maximum absolute atomic E-state index is 13.5. The van der Waals surface area contributed by atoms with Gasteiger partial charge in [-0.3, -0.25) is 9.48 Å². The van der Waals surface area contributed by atoms with Crippen molar-refractivity contribution in [1.29, 1.82) is 0 Å². The lowest BCUT2D eigenvalue weighted by atomic mass is 9.86. The van der Waals surface area contributed by atoms with Crippen molar-refractivity contribution in [3.8, 4) is 0 Å². The average Bonchev–Trinajstić information content (AvgIpc) is 2.92. The van der Waals surface area contributed by atoms with Crippen molar-refractivity contribution >= 4 is 5.91 Å². The van der Waals surface area contributed by atoms with Crippen molar-refractivity contribution in [2.24, 2.45) is 13.0 Å². The summed E-state index contributed by atoms with van der Waals surface area (Å²) in [6.45, 7) is 6.52. The van der Waals surface area contributed by atoms with Gasteiger partial charge in [-0.25, -0.2) is 4.39 Å². The van der Waals surface area contributed by atoms with Crippen LogP contribution in [0.15, 0.2) is 30.5 Å². The molecule has 25 heavy (non-hydrogen) atoms. The van der Waals surface area contributed by atoms with E-state index in [2.05, 4.69) is 5.10 Å². The van der Waals surface area contributed by atoms with Crippen molar-refractivity contribution in [3.63, 3.8) is 0 Å². The molecule has 0 spiro atoms. The predicted octanol–water partition coefficient (Wildman–Crippen LogP) is 3.49. The lowest BCUT2D eigenvalue weighted by Crippen LogP contribution is -2.48. The molecule has 0 saturated heterocycles. The van der Waals surface area contributed by atoms with Crippen LogP contribution < -0.4 is 0 Å². The SMILES string of the molecule is Cn1ncc2c1C[C@H](C(=O)N(Cc1cccc(F)c1)C(C)(C)C)CC2. The quantitative estimate of drug-likeness (QED) is 0.856. The van der Waals surface area contributed by atoms with Crippen LogP contribution in [-0.2, 0) is 31.2 Å². The third-order valence-electron chi connectivity index (χ3n) is 5.00. The minimum absolute atomic E-state index is 0.0457. The van der Waals surface area contributed by atoms with Crippen molar-refractivity contribution in [1.82, 2.24) is 14.7 Å². The summed E-state index contributed by atoms with van der Waals surface area (Å²) in [6.07, 6.45) is 4.36. The number of aromatic nitrogens is 2. The van der Waals surface area contributed by atoms with Gasteiger partial charge in [-0.1, -0.05) is 12.1 Å². The Morgan fingerprint density at radius 1 is 1.40 bits per heavy atom. The zero-order valence-electron chi connectivity index (χ0n) is 15.4. The Kier molecular flexibility index (Phi) is 4.67. The molecule has 0 fully saturated rings. The zero-order chi connectivity index (χ0) is 18.2. The smallest absolute Gasteiger partial charge is 0.226 e. The number of benzene rings is 1. The van der Waals surface area contributed by atoms with E-state index >= 15 is 0 Å². The highest BCUT2D eigenvalue weighted by Gasteiger charge is 2.34. The van der Waals surface area contributed by atoms with Gasteiger partial charge in [0.2, 0.25) is 5.91 Å². The molecule has 134 valence electrons. The van der Waals surface area contributed by atoms with E-state index < -0.39 is 0 Å². The summed E-state index contributed by atoms with van der Waals surface area (Å²) in [7, 11) is 1.93. The Hall–Kier alpha value is -2.17. The van der Waals surface area contributed by atoms with Crippen LogP contribution in [0.5, 0.6) is 0 Å². The molecule has 1 aromatic heterocycles. The molecule has 0 unspecified atom stereocenters. The Balaban J connectivity index is 1.82. The average molecular weight is 343 g/mol. The standard InChI is InChI=1S/C20H26FN3O/c1-20(2,3)24(13-14-6-5-7-17(21)10-14)19(25)15-8-9-16-12-22-23(4)18(16)11-15/h5-7,10,12,15H,8-9,11,13H2,1-4H3/t15-/m1/s1. The summed E-state index contributed by atoms with van der Waals surface area (Å²) in [4.78, 5) is 15.2. The van der Waals surface area contributed by atoms with E-state index in [1.165, 1.54) is 17.7 Å². The third kappa shape index (κ3) is 3.75. The van der Waals surface area contributed by atoms with E-state index in [0.29, 0.717) is 6.54 Å². The lowest BCUT2D eigenvalue weighted by molar-refractivity contribution is -0.141. The van der Waals surface area contributed by atoms with Gasteiger partial charge in [0.25, 0.3) is 0 Å². The van der Waals surface area contributed by atoms with E-state index in [4.69, 9.17) is 0 Å². The minimum Gasteiger partial charge on any atom is -0.333 e. The zero-order valence-corrected chi connectivity index (χ0v) is 15.4. The molecule has 3 rings (SSSR count). The predicted molar refractivity (Wildman–Crippen MR) is 95.4 cm³/mol. The van der Waals surface area contributed by atoms with Gasteiger partial charge < -0.3 is 4.90 Å². The first kappa shape index (κ1) is 17.6. The fourth-order valence-corrected chi connectivity index (χ4v) is 3.54. The van der Waals surface area contributed by atoms with Crippen LogP contribution in [0.4, 0.5) is 4.39 Å². The number of carbonyl (C=O) groups excluding carboxylic acids is 1. The van der Waals surface area contributed by atoms with Gasteiger partial charge in [-0.15, -0.1) is 0 Å². The van der Waals surface area contributed by atoms with Gasteiger partial charge in [0.15, 0.2) is 0 Å². The molecular weight excluding hydrogens is 317 g/mol. The number of nitrogens with zero attached hydrogens (tertiary/aromatic N) is 3. The van der Waals surface area contributed by atoms with Gasteiger partial charge in [-0.05, 0) is 56.9 Å². The molecule has 1 aromatic carbocycles. The molecule has 0 radical (unpaired) electrons. The van der Waals surface area contributed by atoms with Gasteiger partial charge in [-0.2, -0.15) is 5.10 Å². The minimum atomic E-state index is -0.323. The first-order valence-electron chi connectivity index (χ1n) is 8.81. The molecule has 5 heteroatoms. The van der Waals surface area contributed by atoms with Crippen LogP contribution >= 0.6 is 0 Å². The van der Waals surface area contributed by atoms with E-state index in [9.17, 15) is 9.18 Å². The van der Waals surface area contributed by atoms with Crippen molar-refractivity contribution in [3.05, 3.63) is 53.1 Å². The summed E-state index contributed by atoms with van der Waals surface area (Å²) in [6, 6.07) is 6.50. The summed E-state index contributed by atoms with van der Waals surface area (Å²) in [5.74, 6) is -0.171. The second-order valence-corrected chi connectivity index (χ2v) is 7.90. The van der Waals surface area contributed by atoms with E-state index in [0.717, 1.165) is 30.5 Å². The van der Waals surface area contributed by atoms with Crippen LogP contribution in [0, 0.1) is 11.7 Å². The molecule has 4 nitrogen and oxygen atoms in total. The normalized spacial score (nSPS) is 17.2. The van der Waals surface area contributed by atoms with Gasteiger partial charge in [0.1, 0.15) is 5.82 Å². The van der Waals surface area contributed by atoms with Crippen LogP contribution in [0.1, 0.15) is 44.0 Å². The number of amides is 1. The molecule has 1 heterocycles. The van der Waals surface area contributed by atoms with Crippen molar-refractivity contribution in [2.75, 3.05) is 0 Å². The first-order chi connectivity index (χ1) is 11.8. The van der Waals surface area contributed by atoms with Crippen molar-refractivity contribution in [2.45, 2.75) is 52.1 Å². The molecule has 1 aliphatic carbocycles. The summed E-state index contributed by atoms with van der Waals surface area (Å²) in [5.41, 5.74) is 2.90. The highest BCUT2D eigenvalue weighted by molar-refractivity contribution is 5.80. The van der Waals surface area contributed by atoms with Crippen LogP contribution in [0.2, 0.25) is 0 Å². The number of rotatable bonds is 3. The summed E-state index contributed by atoms with van der Waals surface area (Å²) >= 11 is 0. The number of fused-ring (bicyclic) bond motifs is 1. The molecule has 0 saturated carbocycles. The lowest BCUT2D eigenvalue weighted by Gasteiger charge is -2.39. The monoisotopic (exact) mass is 343 g/mol. The van der Waals surface area contributed by atoms with Gasteiger partial charge in [0, 0.05) is 37.2 Å². The fourth-order valence-electron chi connectivity index (χ4n) is 3.54. The highest BCUT2D eigenvalue weighted by Crippen LogP contribution is 2.29. The molecule has 0 N–H and O–H groups in total. The maximum Gasteiger partial charge on any atom is 0.226 e. The number of halogens is 1. The highest BCUT2D eigenvalue weighted by atomic mass is 19.1. The van der Waals surface area contributed by atoms with E-state index in [1.807, 2.05) is 49.7 Å². The van der Waals surface area contributed by atoms with Crippen molar-refractivity contribution < 1.29 is 9.18 Å². The topological polar surface area (TPSA) is 38.1 Å². The molecule has 1 atom stereocenters. The molecule has 0 bridgehead atoms. The second kappa shape index (κ2) is 6.62. The van der Waals surface area contributed by atoms with Gasteiger partial charge in [0.05, 0.1) is 6.20 Å². The first-order valence-corrected chi connectivity index (χ1v) is 8.81. The molecule has 1 amide bonds. The summed E-state index contributed by atoms with van der Waals surface area (Å²) in [5, 5.41) is 4.31. The third-order valence-corrected chi connectivity index (χ3v) is 5.00. The maximum atomic E-state index is 13.5. The second-order valence-electron chi connectivity index (χ2n) is 7.90. The summed E-state index contributed by atoms with van der Waals surface area (Å²) < 4.78 is 15.4. The molecule has 2 aromatic rings. The van der Waals surface area contributed by atoms with E-state index in [1.54, 1.807) is 6.07 Å². The molecule has 0 aliphatic heterocycles. The number of hydrogen-bond donors (Lipinski definition) is 0. The van der Waals surface area contributed by atoms with Crippen LogP contribution in [-0.4, -0.2) is 26.1 Å². The largest absolute Gasteiger partial charge is 0.333 e. The van der Waals surface area contributed by atoms with E-state index in [-0.39, 0.29) is 23.2 Å².